The summed E-state index contributed by atoms with van der Waals surface area (Å²) in [6, 6.07) is 10.0. The smallest absolute Gasteiger partial charge is 0.170 e. The Balaban J connectivity index is 1.57. The van der Waals surface area contributed by atoms with Crippen LogP contribution in [0.5, 0.6) is 0 Å². The Morgan fingerprint density at radius 2 is 2.04 bits per heavy atom. The molecule has 2 saturated heterocycles. The SMILES string of the molecule is Cc1ccc([C@@H]2[C@H](c3ccccn3)NC(=S)N2CCN2CCOCC2)o1. The van der Waals surface area contributed by atoms with Gasteiger partial charge in [-0.1, -0.05) is 6.07 Å². The first-order valence-corrected chi connectivity index (χ1v) is 9.48. The third kappa shape index (κ3) is 3.60. The van der Waals surface area contributed by atoms with Gasteiger partial charge in [-0.15, -0.1) is 0 Å². The third-order valence-electron chi connectivity index (χ3n) is 5.01. The first-order chi connectivity index (χ1) is 12.7. The number of nitrogens with one attached hydrogen (secondary N) is 1. The van der Waals surface area contributed by atoms with Crippen molar-refractivity contribution in [2.75, 3.05) is 39.4 Å². The molecule has 4 rings (SSSR count). The lowest BCUT2D eigenvalue weighted by Crippen LogP contribution is -2.42. The van der Waals surface area contributed by atoms with E-state index >= 15 is 0 Å². The number of hydrogen-bond donors (Lipinski definition) is 1. The molecule has 2 aromatic rings. The molecule has 2 fully saturated rings. The van der Waals surface area contributed by atoms with E-state index < -0.39 is 0 Å². The van der Waals surface area contributed by atoms with E-state index in [9.17, 15) is 0 Å². The molecule has 6 nitrogen and oxygen atoms in total. The lowest BCUT2D eigenvalue weighted by Gasteiger charge is -2.31. The number of ether oxygens (including phenoxy) is 1. The zero-order valence-electron chi connectivity index (χ0n) is 14.9. The molecule has 0 unspecified atom stereocenters. The van der Waals surface area contributed by atoms with Gasteiger partial charge in [0.05, 0.1) is 24.9 Å². The summed E-state index contributed by atoms with van der Waals surface area (Å²) >= 11 is 5.67. The van der Waals surface area contributed by atoms with Gasteiger partial charge < -0.3 is 19.4 Å². The maximum absolute atomic E-state index is 5.99. The van der Waals surface area contributed by atoms with Crippen LogP contribution in [0.25, 0.3) is 0 Å². The number of aromatic nitrogens is 1. The third-order valence-corrected chi connectivity index (χ3v) is 5.36. The van der Waals surface area contributed by atoms with Gasteiger partial charge in [0.25, 0.3) is 0 Å². The molecular weight excluding hydrogens is 348 g/mol. The van der Waals surface area contributed by atoms with Crippen molar-refractivity contribution in [1.82, 2.24) is 20.1 Å². The summed E-state index contributed by atoms with van der Waals surface area (Å²) in [6.45, 7) is 7.33. The molecule has 0 radical (unpaired) electrons. The van der Waals surface area contributed by atoms with Gasteiger partial charge in [-0.3, -0.25) is 9.88 Å². The molecule has 2 aliphatic rings. The molecule has 2 atom stereocenters. The number of morpholine rings is 1. The minimum Gasteiger partial charge on any atom is -0.464 e. The van der Waals surface area contributed by atoms with Gasteiger partial charge in [0.15, 0.2) is 5.11 Å². The van der Waals surface area contributed by atoms with E-state index in [1.165, 1.54) is 0 Å². The van der Waals surface area contributed by atoms with Gasteiger partial charge in [-0.05, 0) is 43.4 Å². The summed E-state index contributed by atoms with van der Waals surface area (Å²) in [5.74, 6) is 1.83. The Kier molecular flexibility index (Phi) is 5.19. The van der Waals surface area contributed by atoms with Gasteiger partial charge in [-0.25, -0.2) is 0 Å². The average Bonchev–Trinajstić information content (AvgIpc) is 3.24. The second kappa shape index (κ2) is 7.73. The largest absolute Gasteiger partial charge is 0.464 e. The highest BCUT2D eigenvalue weighted by atomic mass is 32.1. The average molecular weight is 372 g/mol. The summed E-state index contributed by atoms with van der Waals surface area (Å²) in [4.78, 5) is 9.20. The molecular formula is C19H24N4O2S. The Labute approximate surface area is 159 Å². The summed E-state index contributed by atoms with van der Waals surface area (Å²) in [5, 5.41) is 4.21. The minimum absolute atomic E-state index is 0.00661. The van der Waals surface area contributed by atoms with E-state index in [1.807, 2.05) is 43.5 Å². The quantitative estimate of drug-likeness (QED) is 0.808. The normalized spacial score (nSPS) is 24.0. The van der Waals surface area contributed by atoms with E-state index in [0.29, 0.717) is 0 Å². The lowest BCUT2D eigenvalue weighted by atomic mass is 10.0. The van der Waals surface area contributed by atoms with Crippen LogP contribution in [0.4, 0.5) is 0 Å². The number of hydrogen-bond acceptors (Lipinski definition) is 5. The predicted octanol–water partition coefficient (Wildman–Crippen LogP) is 2.29. The highest BCUT2D eigenvalue weighted by Gasteiger charge is 2.41. The van der Waals surface area contributed by atoms with Crippen LogP contribution in [0.3, 0.4) is 0 Å². The van der Waals surface area contributed by atoms with Crippen molar-refractivity contribution in [1.29, 1.82) is 0 Å². The molecule has 0 aliphatic carbocycles. The fraction of sp³-hybridized carbons (Fsp3) is 0.474. The van der Waals surface area contributed by atoms with Crippen molar-refractivity contribution in [3.63, 3.8) is 0 Å². The summed E-state index contributed by atoms with van der Waals surface area (Å²) < 4.78 is 11.4. The number of thiocarbonyl (C=S) groups is 1. The fourth-order valence-electron chi connectivity index (χ4n) is 3.64. The second-order valence-corrected chi connectivity index (χ2v) is 7.11. The molecule has 0 aromatic carbocycles. The van der Waals surface area contributed by atoms with Gasteiger partial charge in [0, 0.05) is 32.4 Å². The zero-order chi connectivity index (χ0) is 17.9. The van der Waals surface area contributed by atoms with Crippen molar-refractivity contribution < 1.29 is 9.15 Å². The number of aryl methyl sites for hydroxylation is 1. The van der Waals surface area contributed by atoms with E-state index in [4.69, 9.17) is 21.4 Å². The van der Waals surface area contributed by atoms with Crippen LogP contribution < -0.4 is 5.32 Å². The standard InChI is InChI=1S/C19H24N4O2S/c1-14-5-6-16(25-14)18-17(15-4-2-3-7-20-15)21-19(26)23(18)9-8-22-10-12-24-13-11-22/h2-7,17-18H,8-13H2,1H3,(H,21,26)/t17-,18+/m0/s1. The monoisotopic (exact) mass is 372 g/mol. The number of furan rings is 1. The lowest BCUT2D eigenvalue weighted by molar-refractivity contribution is 0.0347. The molecule has 2 aliphatic heterocycles. The van der Waals surface area contributed by atoms with Crippen LogP contribution in [0, 0.1) is 6.92 Å². The fourth-order valence-corrected chi connectivity index (χ4v) is 3.97. The maximum Gasteiger partial charge on any atom is 0.170 e. The number of nitrogens with zero attached hydrogens (tertiary/aromatic N) is 3. The molecule has 4 heterocycles. The van der Waals surface area contributed by atoms with E-state index in [2.05, 4.69) is 20.1 Å². The first-order valence-electron chi connectivity index (χ1n) is 9.07. The maximum atomic E-state index is 5.99. The van der Waals surface area contributed by atoms with E-state index in [-0.39, 0.29) is 12.1 Å². The Hall–Kier alpha value is -1.96. The van der Waals surface area contributed by atoms with E-state index in [1.54, 1.807) is 0 Å². The summed E-state index contributed by atoms with van der Waals surface area (Å²) in [5.41, 5.74) is 0.975. The Morgan fingerprint density at radius 3 is 2.73 bits per heavy atom. The van der Waals surface area contributed by atoms with Crippen molar-refractivity contribution in [2.24, 2.45) is 0 Å². The molecule has 138 valence electrons. The van der Waals surface area contributed by atoms with Crippen LogP contribution in [-0.2, 0) is 4.74 Å². The van der Waals surface area contributed by atoms with Crippen LogP contribution >= 0.6 is 12.2 Å². The van der Waals surface area contributed by atoms with Crippen molar-refractivity contribution >= 4 is 17.3 Å². The number of rotatable bonds is 5. The highest BCUT2D eigenvalue weighted by molar-refractivity contribution is 7.80. The molecule has 26 heavy (non-hydrogen) atoms. The molecule has 0 bridgehead atoms. The number of pyridine rings is 1. The van der Waals surface area contributed by atoms with Crippen LogP contribution in [0.2, 0.25) is 0 Å². The van der Waals surface area contributed by atoms with Gasteiger partial charge in [0.2, 0.25) is 0 Å². The van der Waals surface area contributed by atoms with Crippen LogP contribution in [0.1, 0.15) is 29.3 Å². The highest BCUT2D eigenvalue weighted by Crippen LogP contribution is 2.38. The van der Waals surface area contributed by atoms with Crippen LogP contribution in [0.15, 0.2) is 40.9 Å². The summed E-state index contributed by atoms with van der Waals surface area (Å²) in [7, 11) is 0. The van der Waals surface area contributed by atoms with Gasteiger partial charge >= 0.3 is 0 Å². The van der Waals surface area contributed by atoms with Gasteiger partial charge in [0.1, 0.15) is 17.6 Å². The molecule has 0 saturated carbocycles. The first kappa shape index (κ1) is 17.5. The molecule has 7 heteroatoms. The molecule has 2 aromatic heterocycles. The van der Waals surface area contributed by atoms with Gasteiger partial charge in [-0.2, -0.15) is 0 Å². The van der Waals surface area contributed by atoms with Crippen LogP contribution in [-0.4, -0.2) is 59.3 Å². The zero-order valence-corrected chi connectivity index (χ0v) is 15.7. The Morgan fingerprint density at radius 1 is 1.19 bits per heavy atom. The topological polar surface area (TPSA) is 53.8 Å². The second-order valence-electron chi connectivity index (χ2n) is 6.72. The van der Waals surface area contributed by atoms with Crippen molar-refractivity contribution in [2.45, 2.75) is 19.0 Å². The minimum atomic E-state index is -0.0149. The van der Waals surface area contributed by atoms with E-state index in [0.717, 1.165) is 61.7 Å². The van der Waals surface area contributed by atoms with Crippen molar-refractivity contribution in [3.05, 3.63) is 53.7 Å². The predicted molar refractivity (Wildman–Crippen MR) is 103 cm³/mol. The molecule has 1 N–H and O–H groups in total. The Bertz CT molecular complexity index is 745. The summed E-state index contributed by atoms with van der Waals surface area (Å²) in [6.07, 6.45) is 1.82. The van der Waals surface area contributed by atoms with Crippen molar-refractivity contribution in [3.8, 4) is 0 Å². The molecule has 0 spiro atoms. The molecule has 0 amide bonds.